The van der Waals surface area contributed by atoms with Crippen LogP contribution in [0, 0.1) is 0 Å². The van der Waals surface area contributed by atoms with E-state index in [9.17, 15) is 8.42 Å². The SMILES string of the molecule is CCCS(=O)(=O)c1cccc(OCc2ccc(Cl)c(Cl)c2)c1. The summed E-state index contributed by atoms with van der Waals surface area (Å²) in [6, 6.07) is 11.8. The van der Waals surface area contributed by atoms with Crippen LogP contribution in [0.5, 0.6) is 5.75 Å². The zero-order valence-corrected chi connectivity index (χ0v) is 14.4. The van der Waals surface area contributed by atoms with Crippen LogP contribution in [0.4, 0.5) is 0 Å². The third kappa shape index (κ3) is 4.38. The molecule has 0 atom stereocenters. The van der Waals surface area contributed by atoms with Gasteiger partial charge in [0.05, 0.1) is 20.7 Å². The molecule has 0 aromatic heterocycles. The predicted octanol–water partition coefficient (Wildman–Crippen LogP) is 4.76. The molecule has 0 aliphatic carbocycles. The highest BCUT2D eigenvalue weighted by Crippen LogP contribution is 2.24. The fourth-order valence-corrected chi connectivity index (χ4v) is 3.62. The van der Waals surface area contributed by atoms with Gasteiger partial charge in [-0.25, -0.2) is 8.42 Å². The Bertz CT molecular complexity index is 758. The first-order valence-corrected chi connectivity index (χ1v) is 9.23. The van der Waals surface area contributed by atoms with E-state index in [0.717, 1.165) is 5.56 Å². The average molecular weight is 359 g/mol. The Morgan fingerprint density at radius 3 is 2.50 bits per heavy atom. The van der Waals surface area contributed by atoms with E-state index in [-0.39, 0.29) is 17.3 Å². The molecule has 0 spiro atoms. The van der Waals surface area contributed by atoms with Gasteiger partial charge in [0, 0.05) is 0 Å². The van der Waals surface area contributed by atoms with E-state index < -0.39 is 9.84 Å². The number of hydrogen-bond acceptors (Lipinski definition) is 3. The first-order chi connectivity index (χ1) is 10.4. The highest BCUT2D eigenvalue weighted by atomic mass is 35.5. The van der Waals surface area contributed by atoms with Crippen molar-refractivity contribution >= 4 is 33.0 Å². The maximum atomic E-state index is 12.1. The van der Waals surface area contributed by atoms with Crippen LogP contribution in [-0.4, -0.2) is 14.2 Å². The number of halogens is 2. The van der Waals surface area contributed by atoms with Crippen LogP contribution in [-0.2, 0) is 16.4 Å². The van der Waals surface area contributed by atoms with Crippen molar-refractivity contribution < 1.29 is 13.2 Å². The highest BCUT2D eigenvalue weighted by molar-refractivity contribution is 7.91. The van der Waals surface area contributed by atoms with Crippen LogP contribution in [0.1, 0.15) is 18.9 Å². The minimum Gasteiger partial charge on any atom is -0.489 e. The van der Waals surface area contributed by atoms with Gasteiger partial charge in [0.1, 0.15) is 12.4 Å². The highest BCUT2D eigenvalue weighted by Gasteiger charge is 2.13. The van der Waals surface area contributed by atoms with E-state index in [0.29, 0.717) is 22.2 Å². The molecule has 118 valence electrons. The van der Waals surface area contributed by atoms with Gasteiger partial charge in [-0.05, 0) is 42.3 Å². The predicted molar refractivity (Wildman–Crippen MR) is 89.6 cm³/mol. The van der Waals surface area contributed by atoms with Crippen LogP contribution in [0.3, 0.4) is 0 Å². The molecule has 0 amide bonds. The zero-order chi connectivity index (χ0) is 16.2. The molecule has 0 heterocycles. The van der Waals surface area contributed by atoms with Gasteiger partial charge >= 0.3 is 0 Å². The Hall–Kier alpha value is -1.23. The second kappa shape index (κ2) is 7.36. The van der Waals surface area contributed by atoms with Crippen LogP contribution in [0.25, 0.3) is 0 Å². The number of sulfone groups is 1. The van der Waals surface area contributed by atoms with Crippen molar-refractivity contribution in [2.24, 2.45) is 0 Å². The van der Waals surface area contributed by atoms with Crippen LogP contribution >= 0.6 is 23.2 Å². The standard InChI is InChI=1S/C16H16Cl2O3S/c1-2-8-22(19,20)14-5-3-4-13(10-14)21-11-12-6-7-15(17)16(18)9-12/h3-7,9-10H,2,8,11H2,1H3. The maximum absolute atomic E-state index is 12.1. The molecule has 0 radical (unpaired) electrons. The molecule has 0 N–H and O–H groups in total. The number of ether oxygens (including phenoxy) is 1. The summed E-state index contributed by atoms with van der Waals surface area (Å²) in [6.07, 6.45) is 0.580. The second-order valence-corrected chi connectivity index (χ2v) is 7.75. The zero-order valence-electron chi connectivity index (χ0n) is 12.1. The molecule has 3 nitrogen and oxygen atoms in total. The summed E-state index contributed by atoms with van der Waals surface area (Å²) in [6.45, 7) is 2.12. The fraction of sp³-hybridized carbons (Fsp3) is 0.250. The van der Waals surface area contributed by atoms with E-state index in [4.69, 9.17) is 27.9 Å². The van der Waals surface area contributed by atoms with E-state index in [1.807, 2.05) is 13.0 Å². The van der Waals surface area contributed by atoms with Crippen LogP contribution in [0.2, 0.25) is 10.0 Å². The Morgan fingerprint density at radius 2 is 1.82 bits per heavy atom. The molecule has 0 bridgehead atoms. The third-order valence-electron chi connectivity index (χ3n) is 3.03. The van der Waals surface area contributed by atoms with E-state index >= 15 is 0 Å². The average Bonchev–Trinajstić information content (AvgIpc) is 2.49. The molecule has 0 aliphatic heterocycles. The topological polar surface area (TPSA) is 43.4 Å². The van der Waals surface area contributed by atoms with Gasteiger partial charge in [-0.1, -0.05) is 42.3 Å². The molecule has 0 fully saturated rings. The van der Waals surface area contributed by atoms with Gasteiger partial charge in [0.25, 0.3) is 0 Å². The lowest BCUT2D eigenvalue weighted by molar-refractivity contribution is 0.305. The molecular formula is C16H16Cl2O3S. The van der Waals surface area contributed by atoms with E-state index in [1.54, 1.807) is 36.4 Å². The van der Waals surface area contributed by atoms with Crippen molar-refractivity contribution in [2.75, 3.05) is 5.75 Å². The van der Waals surface area contributed by atoms with Crippen LogP contribution < -0.4 is 4.74 Å². The molecule has 0 saturated heterocycles. The lowest BCUT2D eigenvalue weighted by Gasteiger charge is -2.09. The van der Waals surface area contributed by atoms with Gasteiger partial charge < -0.3 is 4.74 Å². The first kappa shape index (κ1) is 17.1. The summed E-state index contributed by atoms with van der Waals surface area (Å²) in [5.41, 5.74) is 0.858. The fourth-order valence-electron chi connectivity index (χ4n) is 1.94. The normalized spacial score (nSPS) is 11.4. The van der Waals surface area contributed by atoms with Crippen molar-refractivity contribution in [3.05, 3.63) is 58.1 Å². The number of hydrogen-bond donors (Lipinski definition) is 0. The minimum absolute atomic E-state index is 0.128. The van der Waals surface area contributed by atoms with Crippen molar-refractivity contribution in [3.63, 3.8) is 0 Å². The minimum atomic E-state index is -3.25. The van der Waals surface area contributed by atoms with Gasteiger partial charge in [-0.3, -0.25) is 0 Å². The molecule has 22 heavy (non-hydrogen) atoms. The number of rotatable bonds is 6. The summed E-state index contributed by atoms with van der Waals surface area (Å²) in [4.78, 5) is 0.279. The van der Waals surface area contributed by atoms with E-state index in [1.165, 1.54) is 0 Å². The summed E-state index contributed by atoms with van der Waals surface area (Å²) >= 11 is 11.8. The monoisotopic (exact) mass is 358 g/mol. The Kier molecular flexibility index (Phi) is 5.73. The number of benzene rings is 2. The lowest BCUT2D eigenvalue weighted by atomic mass is 10.2. The third-order valence-corrected chi connectivity index (χ3v) is 5.68. The van der Waals surface area contributed by atoms with Crippen molar-refractivity contribution in [1.82, 2.24) is 0 Å². The van der Waals surface area contributed by atoms with Gasteiger partial charge in [-0.2, -0.15) is 0 Å². The molecule has 0 unspecified atom stereocenters. The van der Waals surface area contributed by atoms with Gasteiger partial charge in [0.15, 0.2) is 9.84 Å². The van der Waals surface area contributed by atoms with E-state index in [2.05, 4.69) is 0 Å². The lowest BCUT2D eigenvalue weighted by Crippen LogP contribution is -2.06. The first-order valence-electron chi connectivity index (χ1n) is 6.82. The van der Waals surface area contributed by atoms with Crippen molar-refractivity contribution in [2.45, 2.75) is 24.8 Å². The molecule has 6 heteroatoms. The summed E-state index contributed by atoms with van der Waals surface area (Å²) in [5.74, 6) is 0.631. The molecule has 2 aromatic rings. The Balaban J connectivity index is 2.12. The van der Waals surface area contributed by atoms with Gasteiger partial charge in [0.2, 0.25) is 0 Å². The Morgan fingerprint density at radius 1 is 1.05 bits per heavy atom. The summed E-state index contributed by atoms with van der Waals surface area (Å²) < 4.78 is 29.7. The van der Waals surface area contributed by atoms with Crippen molar-refractivity contribution in [3.8, 4) is 5.75 Å². The summed E-state index contributed by atoms with van der Waals surface area (Å²) in [5, 5.41) is 0.945. The molecular weight excluding hydrogens is 343 g/mol. The van der Waals surface area contributed by atoms with Gasteiger partial charge in [-0.15, -0.1) is 0 Å². The second-order valence-electron chi connectivity index (χ2n) is 4.83. The summed E-state index contributed by atoms with van der Waals surface area (Å²) in [7, 11) is -3.25. The molecule has 0 saturated carbocycles. The molecule has 0 aliphatic rings. The largest absolute Gasteiger partial charge is 0.489 e. The Labute approximate surface area is 140 Å². The smallest absolute Gasteiger partial charge is 0.178 e. The quantitative estimate of drug-likeness (QED) is 0.747. The van der Waals surface area contributed by atoms with Crippen LogP contribution in [0.15, 0.2) is 47.4 Å². The van der Waals surface area contributed by atoms with Crippen molar-refractivity contribution in [1.29, 1.82) is 0 Å². The maximum Gasteiger partial charge on any atom is 0.178 e. The molecule has 2 aromatic carbocycles. The molecule has 2 rings (SSSR count).